The number of nitrogens with zero attached hydrogens (tertiary/aromatic N) is 2. The van der Waals surface area contributed by atoms with Gasteiger partial charge in [0, 0.05) is 15.6 Å². The number of halogens is 3. The first kappa shape index (κ1) is 11.1. The minimum Gasteiger partial charge on any atom is -0.192 e. The van der Waals surface area contributed by atoms with Crippen molar-refractivity contribution in [2.24, 2.45) is 0 Å². The van der Waals surface area contributed by atoms with Gasteiger partial charge in [-0.3, -0.25) is 0 Å². The Morgan fingerprint density at radius 3 is 2.29 bits per heavy atom. The van der Waals surface area contributed by atoms with E-state index in [4.69, 9.17) is 45.3 Å². The van der Waals surface area contributed by atoms with Crippen LogP contribution in [0.4, 0.5) is 0 Å². The Morgan fingerprint density at radius 1 is 1.29 bits per heavy atom. The molecule has 0 aromatic heterocycles. The van der Waals surface area contributed by atoms with Crippen molar-refractivity contribution in [3.8, 4) is 12.1 Å². The summed E-state index contributed by atoms with van der Waals surface area (Å²) in [5, 5.41) is 17.3. The van der Waals surface area contributed by atoms with E-state index in [9.17, 15) is 0 Å². The lowest BCUT2D eigenvalue weighted by Crippen LogP contribution is -2.07. The maximum absolute atomic E-state index is 8.65. The molecule has 0 N–H and O–H groups in total. The van der Waals surface area contributed by atoms with Gasteiger partial charge in [0.15, 0.2) is 0 Å². The fourth-order valence-corrected chi connectivity index (χ4v) is 2.11. The zero-order valence-corrected chi connectivity index (χ0v) is 9.03. The third-order valence-corrected chi connectivity index (χ3v) is 2.49. The van der Waals surface area contributed by atoms with E-state index in [-0.39, 0.29) is 10.6 Å². The summed E-state index contributed by atoms with van der Waals surface area (Å²) in [5.41, 5.74) is 0.217. The average molecular weight is 245 g/mol. The standard InChI is InChI=1S/C9H3Cl3N2/c10-6-1-7(11)9(8(12)2-6)5(3-13)4-14/h1-2,7H. The quantitative estimate of drug-likeness (QED) is 0.486. The number of rotatable bonds is 0. The van der Waals surface area contributed by atoms with Gasteiger partial charge in [-0.1, -0.05) is 23.2 Å². The first-order chi connectivity index (χ1) is 6.60. The van der Waals surface area contributed by atoms with Crippen molar-refractivity contribution in [3.05, 3.63) is 33.4 Å². The third-order valence-electron chi connectivity index (χ3n) is 1.60. The molecule has 1 rings (SSSR count). The monoisotopic (exact) mass is 244 g/mol. The third kappa shape index (κ3) is 2.11. The summed E-state index contributed by atoms with van der Waals surface area (Å²) < 4.78 is 0. The Balaban J connectivity index is 3.31. The number of alkyl halides is 1. The molecule has 0 fully saturated rings. The lowest BCUT2D eigenvalue weighted by Gasteiger charge is -2.14. The van der Waals surface area contributed by atoms with Crippen LogP contribution in [0, 0.1) is 22.7 Å². The van der Waals surface area contributed by atoms with E-state index in [2.05, 4.69) is 0 Å². The van der Waals surface area contributed by atoms with Crippen molar-refractivity contribution >= 4 is 34.8 Å². The molecule has 1 unspecified atom stereocenters. The number of allylic oxidation sites excluding steroid dienone is 6. The molecule has 0 aliphatic heterocycles. The van der Waals surface area contributed by atoms with Crippen molar-refractivity contribution in [2.75, 3.05) is 0 Å². The van der Waals surface area contributed by atoms with Crippen molar-refractivity contribution in [3.63, 3.8) is 0 Å². The van der Waals surface area contributed by atoms with Gasteiger partial charge in [-0.15, -0.1) is 11.6 Å². The predicted molar refractivity (Wildman–Crippen MR) is 55.8 cm³/mol. The zero-order chi connectivity index (χ0) is 10.7. The Kier molecular flexibility index (Phi) is 3.61. The van der Waals surface area contributed by atoms with E-state index in [1.165, 1.54) is 12.2 Å². The highest BCUT2D eigenvalue weighted by molar-refractivity contribution is 6.39. The van der Waals surface area contributed by atoms with Crippen LogP contribution in [-0.4, -0.2) is 5.38 Å². The summed E-state index contributed by atoms with van der Waals surface area (Å²) in [6, 6.07) is 3.47. The SMILES string of the molecule is N#CC(C#N)=C1C(Cl)=CC(Cl)=CC1Cl. The van der Waals surface area contributed by atoms with Gasteiger partial charge < -0.3 is 0 Å². The van der Waals surface area contributed by atoms with E-state index < -0.39 is 5.38 Å². The molecule has 0 saturated carbocycles. The second-order valence-electron chi connectivity index (χ2n) is 2.46. The normalized spacial score (nSPS) is 20.4. The molecule has 2 nitrogen and oxygen atoms in total. The van der Waals surface area contributed by atoms with Crippen LogP contribution < -0.4 is 0 Å². The van der Waals surface area contributed by atoms with Crippen molar-refractivity contribution in [2.45, 2.75) is 5.38 Å². The molecule has 1 atom stereocenters. The number of nitriles is 2. The summed E-state index contributed by atoms with van der Waals surface area (Å²) in [7, 11) is 0. The fourth-order valence-electron chi connectivity index (χ4n) is 1.00. The van der Waals surface area contributed by atoms with Gasteiger partial charge in [-0.25, -0.2) is 0 Å². The van der Waals surface area contributed by atoms with Crippen molar-refractivity contribution in [1.82, 2.24) is 0 Å². The van der Waals surface area contributed by atoms with E-state index in [0.29, 0.717) is 10.6 Å². The molecule has 0 radical (unpaired) electrons. The van der Waals surface area contributed by atoms with Crippen LogP contribution in [0.3, 0.4) is 0 Å². The van der Waals surface area contributed by atoms with E-state index in [1.807, 2.05) is 0 Å². The largest absolute Gasteiger partial charge is 0.192 e. The molecule has 5 heteroatoms. The molecule has 0 amide bonds. The number of hydrogen-bond donors (Lipinski definition) is 0. The topological polar surface area (TPSA) is 47.6 Å². The first-order valence-corrected chi connectivity index (χ1v) is 4.72. The lowest BCUT2D eigenvalue weighted by atomic mass is 10.0. The number of hydrogen-bond acceptors (Lipinski definition) is 2. The molecular formula is C9H3Cl3N2. The van der Waals surface area contributed by atoms with Crippen LogP contribution >= 0.6 is 34.8 Å². The predicted octanol–water partition coefficient (Wildman–Crippen LogP) is 3.20. The lowest BCUT2D eigenvalue weighted by molar-refractivity contribution is 1.22. The molecule has 1 aliphatic rings. The molecule has 14 heavy (non-hydrogen) atoms. The fraction of sp³-hybridized carbons (Fsp3) is 0.111. The Labute approximate surface area is 96.3 Å². The summed E-state index contributed by atoms with van der Waals surface area (Å²) in [6.07, 6.45) is 2.96. The van der Waals surface area contributed by atoms with Crippen LogP contribution in [0.2, 0.25) is 0 Å². The van der Waals surface area contributed by atoms with E-state index in [0.717, 1.165) is 0 Å². The Morgan fingerprint density at radius 2 is 1.86 bits per heavy atom. The van der Waals surface area contributed by atoms with Crippen LogP contribution in [0.1, 0.15) is 0 Å². The molecule has 0 aromatic carbocycles. The summed E-state index contributed by atoms with van der Waals surface area (Å²) in [4.78, 5) is 0. The highest BCUT2D eigenvalue weighted by Crippen LogP contribution is 2.33. The minimum absolute atomic E-state index is 0.0910. The van der Waals surface area contributed by atoms with Gasteiger partial charge in [0.05, 0.1) is 5.38 Å². The van der Waals surface area contributed by atoms with Gasteiger partial charge in [0.2, 0.25) is 0 Å². The first-order valence-electron chi connectivity index (χ1n) is 3.53. The van der Waals surface area contributed by atoms with Crippen LogP contribution in [0.5, 0.6) is 0 Å². The van der Waals surface area contributed by atoms with Crippen molar-refractivity contribution in [1.29, 1.82) is 10.5 Å². The second kappa shape index (κ2) is 4.53. The molecule has 0 spiro atoms. The molecule has 0 bridgehead atoms. The van der Waals surface area contributed by atoms with Crippen molar-refractivity contribution < 1.29 is 0 Å². The highest BCUT2D eigenvalue weighted by atomic mass is 35.5. The van der Waals surface area contributed by atoms with E-state index in [1.54, 1.807) is 12.1 Å². The van der Waals surface area contributed by atoms with Gasteiger partial charge in [-0.2, -0.15) is 10.5 Å². The average Bonchev–Trinajstić information content (AvgIpc) is 2.10. The van der Waals surface area contributed by atoms with Crippen LogP contribution in [0.25, 0.3) is 0 Å². The molecule has 0 saturated heterocycles. The molecule has 0 aromatic rings. The van der Waals surface area contributed by atoms with Gasteiger partial charge >= 0.3 is 0 Å². The second-order valence-corrected chi connectivity index (χ2v) is 3.77. The summed E-state index contributed by atoms with van der Waals surface area (Å²) in [5.74, 6) is 0. The molecule has 1 aliphatic carbocycles. The summed E-state index contributed by atoms with van der Waals surface area (Å²) >= 11 is 17.4. The van der Waals surface area contributed by atoms with Gasteiger partial charge in [0.25, 0.3) is 0 Å². The van der Waals surface area contributed by atoms with Crippen LogP contribution in [-0.2, 0) is 0 Å². The summed E-state index contributed by atoms with van der Waals surface area (Å²) in [6.45, 7) is 0. The molecular weight excluding hydrogens is 242 g/mol. The Hall–Kier alpha value is -0.930. The smallest absolute Gasteiger partial charge is 0.136 e. The van der Waals surface area contributed by atoms with E-state index >= 15 is 0 Å². The van der Waals surface area contributed by atoms with Gasteiger partial charge in [0.1, 0.15) is 17.7 Å². The Bertz CT molecular complexity index is 416. The maximum Gasteiger partial charge on any atom is 0.136 e. The highest BCUT2D eigenvalue weighted by Gasteiger charge is 2.21. The molecule has 0 heterocycles. The molecule has 70 valence electrons. The van der Waals surface area contributed by atoms with Gasteiger partial charge in [-0.05, 0) is 12.2 Å². The maximum atomic E-state index is 8.65. The van der Waals surface area contributed by atoms with Crippen LogP contribution in [0.15, 0.2) is 33.4 Å². The zero-order valence-electron chi connectivity index (χ0n) is 6.76. The minimum atomic E-state index is -0.630.